The maximum atomic E-state index is 2.42. The molecule has 0 saturated carbocycles. The molecule has 0 atom stereocenters. The molecule has 0 unspecified atom stereocenters. The first kappa shape index (κ1) is 37.0. The second kappa shape index (κ2) is 17.6. The van der Waals surface area contributed by atoms with Gasteiger partial charge >= 0.3 is 25.8 Å². The fraction of sp³-hybridized carbons (Fsp3) is 0.438. The molecule has 0 aliphatic heterocycles. The fourth-order valence-corrected chi connectivity index (χ4v) is 10.9. The van der Waals surface area contributed by atoms with E-state index in [2.05, 4.69) is 128 Å². The van der Waals surface area contributed by atoms with Crippen LogP contribution in [0.15, 0.2) is 72.8 Å². The third-order valence-corrected chi connectivity index (χ3v) is 12.6. The molecular weight excluding hydrogens is 696 g/mol. The van der Waals surface area contributed by atoms with Crippen LogP contribution in [0.5, 0.6) is 0 Å². The minimum absolute atomic E-state index is 0. The molecular formula is C32H44Cl2HfP2. The van der Waals surface area contributed by atoms with Gasteiger partial charge in [0, 0.05) is 0 Å². The van der Waals surface area contributed by atoms with Gasteiger partial charge in [0.05, 0.1) is 0 Å². The van der Waals surface area contributed by atoms with E-state index in [-0.39, 0.29) is 66.5 Å². The predicted octanol–water partition coefficient (Wildman–Crippen LogP) is 3.47. The Morgan fingerprint density at radius 1 is 0.595 bits per heavy atom. The molecule has 0 fully saturated rings. The first-order valence-electron chi connectivity index (χ1n) is 13.0. The molecule has 0 N–H and O–H groups in total. The number of hydrogen-bond donors (Lipinski definition) is 0. The standard InChI is InChI=1S/C17H24P.C15H20P.2ClH.Hf/c1-13(2)11-18(12-14(3)4)17-9-15-7-5-6-8-16(15)10-17;1-11(2)16(12(3)4)15-9-13-7-5-6-8-14(13)10-15;;;/h5-10,13-14H,11-12H2,1-4H3;5-12H,1-4H3;2*1H;/q2*-1;;;+4/p-2. The van der Waals surface area contributed by atoms with E-state index in [1.165, 1.54) is 33.9 Å². The number of hydrogen-bond acceptors (Lipinski definition) is 0. The van der Waals surface area contributed by atoms with Crippen molar-refractivity contribution in [2.75, 3.05) is 12.3 Å². The van der Waals surface area contributed by atoms with E-state index < -0.39 is 0 Å². The number of benzene rings is 2. The summed E-state index contributed by atoms with van der Waals surface area (Å²) in [4.78, 5) is 0. The van der Waals surface area contributed by atoms with E-state index >= 15 is 0 Å². The van der Waals surface area contributed by atoms with E-state index in [4.69, 9.17) is 0 Å². The molecule has 0 radical (unpaired) electrons. The molecule has 0 nitrogen and oxygen atoms in total. The SMILES string of the molecule is CC(C)CP(CC(C)C)c1cc2ccccc2[cH-]1.CC(C)P(c1cc2ccccc2[cH-]1)C(C)C.[Cl-].[Cl-].[Hf+4]. The van der Waals surface area contributed by atoms with Gasteiger partial charge in [-0.2, -0.15) is 12.1 Å². The Labute approximate surface area is 260 Å². The first-order chi connectivity index (χ1) is 16.2. The molecule has 4 aromatic carbocycles. The minimum Gasteiger partial charge on any atom is -1.00 e. The molecule has 5 heteroatoms. The Balaban J connectivity index is 0.000000651. The maximum absolute atomic E-state index is 2.42. The molecule has 37 heavy (non-hydrogen) atoms. The van der Waals surface area contributed by atoms with E-state index in [1.54, 1.807) is 10.6 Å². The van der Waals surface area contributed by atoms with Crippen LogP contribution >= 0.6 is 15.8 Å². The third kappa shape index (κ3) is 10.8. The molecule has 0 spiro atoms. The molecule has 200 valence electrons. The number of rotatable bonds is 8. The van der Waals surface area contributed by atoms with E-state index in [0.717, 1.165) is 23.2 Å². The monoisotopic (exact) mass is 740 g/mol. The second-order valence-electron chi connectivity index (χ2n) is 11.0. The molecule has 0 aromatic heterocycles. The molecule has 0 bridgehead atoms. The van der Waals surface area contributed by atoms with Gasteiger partial charge in [0.25, 0.3) is 0 Å². The summed E-state index contributed by atoms with van der Waals surface area (Å²) < 4.78 is 0. The van der Waals surface area contributed by atoms with Gasteiger partial charge in [-0.25, -0.2) is 0 Å². The Morgan fingerprint density at radius 3 is 1.35 bits per heavy atom. The van der Waals surface area contributed by atoms with E-state index in [1.807, 2.05) is 0 Å². The van der Waals surface area contributed by atoms with Gasteiger partial charge in [0.1, 0.15) is 0 Å². The van der Waals surface area contributed by atoms with Crippen LogP contribution in [-0.2, 0) is 25.8 Å². The number of fused-ring (bicyclic) bond motifs is 2. The van der Waals surface area contributed by atoms with Gasteiger partial charge in [-0.3, -0.25) is 0 Å². The van der Waals surface area contributed by atoms with Crippen LogP contribution in [0.3, 0.4) is 0 Å². The fourth-order valence-electron chi connectivity index (χ4n) is 4.96. The summed E-state index contributed by atoms with van der Waals surface area (Å²) in [6.07, 6.45) is 2.73. The average molecular weight is 740 g/mol. The van der Waals surface area contributed by atoms with Crippen molar-refractivity contribution in [2.45, 2.75) is 66.7 Å². The third-order valence-electron chi connectivity index (χ3n) is 6.15. The van der Waals surface area contributed by atoms with E-state index in [9.17, 15) is 0 Å². The Bertz CT molecular complexity index is 1080. The van der Waals surface area contributed by atoms with Gasteiger partial charge in [0.15, 0.2) is 0 Å². The van der Waals surface area contributed by atoms with Gasteiger partial charge in [-0.15, -0.1) is 80.7 Å². The second-order valence-corrected chi connectivity index (χ2v) is 16.7. The summed E-state index contributed by atoms with van der Waals surface area (Å²) in [5.41, 5.74) is 1.54. The van der Waals surface area contributed by atoms with Crippen molar-refractivity contribution in [1.29, 1.82) is 0 Å². The zero-order chi connectivity index (χ0) is 24.8. The van der Waals surface area contributed by atoms with Crippen molar-refractivity contribution < 1.29 is 50.7 Å². The van der Waals surface area contributed by atoms with Crippen molar-refractivity contribution >= 4 is 48.0 Å². The number of halogens is 2. The van der Waals surface area contributed by atoms with Crippen LogP contribution in [0.4, 0.5) is 0 Å². The summed E-state index contributed by atoms with van der Waals surface area (Å²) in [5.74, 6) is 1.60. The molecule has 0 aliphatic carbocycles. The van der Waals surface area contributed by atoms with Crippen molar-refractivity contribution in [3.8, 4) is 0 Å². The van der Waals surface area contributed by atoms with Crippen molar-refractivity contribution in [3.05, 3.63) is 72.8 Å². The van der Waals surface area contributed by atoms with E-state index in [0.29, 0.717) is 0 Å². The molecule has 4 rings (SSSR count). The first-order valence-corrected chi connectivity index (χ1v) is 16.2. The zero-order valence-corrected chi connectivity index (χ0v) is 30.7. The van der Waals surface area contributed by atoms with Crippen molar-refractivity contribution in [3.63, 3.8) is 0 Å². The quantitative estimate of drug-likeness (QED) is 0.148. The molecule has 4 aromatic rings. The Kier molecular flexibility index (Phi) is 17.6. The van der Waals surface area contributed by atoms with Crippen LogP contribution in [0.1, 0.15) is 55.4 Å². The Morgan fingerprint density at radius 2 is 0.973 bits per heavy atom. The molecule has 0 heterocycles. The normalized spacial score (nSPS) is 11.2. The largest absolute Gasteiger partial charge is 4.00 e. The van der Waals surface area contributed by atoms with Crippen molar-refractivity contribution in [2.24, 2.45) is 11.8 Å². The van der Waals surface area contributed by atoms with Crippen LogP contribution in [0, 0.1) is 11.8 Å². The Hall–Kier alpha value is -0.0299. The maximum Gasteiger partial charge on any atom is 4.00 e. The smallest absolute Gasteiger partial charge is 1.00 e. The molecule has 0 amide bonds. The van der Waals surface area contributed by atoms with Crippen LogP contribution in [0.2, 0.25) is 0 Å². The minimum atomic E-state index is -0.0206. The average Bonchev–Trinajstić information content (AvgIpc) is 3.36. The van der Waals surface area contributed by atoms with Crippen molar-refractivity contribution in [1.82, 2.24) is 0 Å². The van der Waals surface area contributed by atoms with Crippen LogP contribution in [-0.4, -0.2) is 23.6 Å². The van der Waals surface area contributed by atoms with Crippen LogP contribution < -0.4 is 35.4 Å². The summed E-state index contributed by atoms with van der Waals surface area (Å²) >= 11 is 0. The van der Waals surface area contributed by atoms with Gasteiger partial charge < -0.3 is 24.8 Å². The zero-order valence-electron chi connectivity index (χ0n) is 23.8. The summed E-state index contributed by atoms with van der Waals surface area (Å²) in [6.45, 7) is 18.8. The van der Waals surface area contributed by atoms with Gasteiger partial charge in [-0.05, 0) is 35.5 Å². The summed E-state index contributed by atoms with van der Waals surface area (Å²) in [5, 5.41) is 8.78. The van der Waals surface area contributed by atoms with Gasteiger partial charge in [-0.1, -0.05) is 83.4 Å². The topological polar surface area (TPSA) is 0 Å². The molecule has 0 aliphatic rings. The summed E-state index contributed by atoms with van der Waals surface area (Å²) in [7, 11) is -0.00206. The molecule has 0 saturated heterocycles. The van der Waals surface area contributed by atoms with Gasteiger partial charge in [0.2, 0.25) is 0 Å². The van der Waals surface area contributed by atoms with Crippen LogP contribution in [0.25, 0.3) is 21.5 Å². The predicted molar refractivity (Wildman–Crippen MR) is 162 cm³/mol. The summed E-state index contributed by atoms with van der Waals surface area (Å²) in [6, 6.07) is 27.0.